The second kappa shape index (κ2) is 13.5. The van der Waals surface area contributed by atoms with Gasteiger partial charge in [-0.3, -0.25) is 13.9 Å². The lowest BCUT2D eigenvalue weighted by atomic mass is 10.0. The van der Waals surface area contributed by atoms with Crippen LogP contribution in [0.2, 0.25) is 0 Å². The molecule has 0 spiro atoms. The van der Waals surface area contributed by atoms with Gasteiger partial charge in [0.15, 0.2) is 0 Å². The molecule has 0 radical (unpaired) electrons. The van der Waals surface area contributed by atoms with Gasteiger partial charge in [-0.2, -0.15) is 0 Å². The Kier molecular flexibility index (Phi) is 10.4. The fourth-order valence-electron chi connectivity index (χ4n) is 3.95. The Balaban J connectivity index is 2.03. The van der Waals surface area contributed by atoms with Crippen molar-refractivity contribution in [3.8, 4) is 0 Å². The van der Waals surface area contributed by atoms with Gasteiger partial charge in [-0.15, -0.1) is 0 Å². The van der Waals surface area contributed by atoms with Gasteiger partial charge in [0.05, 0.1) is 11.9 Å². The molecule has 10 heteroatoms. The largest absolute Gasteiger partial charge is 0.354 e. The van der Waals surface area contributed by atoms with Crippen LogP contribution in [0.5, 0.6) is 0 Å². The van der Waals surface area contributed by atoms with Gasteiger partial charge in [0.1, 0.15) is 18.4 Å². The molecule has 3 aromatic rings. The zero-order valence-corrected chi connectivity index (χ0v) is 23.7. The van der Waals surface area contributed by atoms with Crippen LogP contribution in [0.15, 0.2) is 83.3 Å². The molecule has 0 aromatic heterocycles. The van der Waals surface area contributed by atoms with Gasteiger partial charge in [-0.05, 0) is 47.9 Å². The second-order valence-electron chi connectivity index (χ2n) is 8.89. The fraction of sp³-hybridized carbons (Fsp3) is 0.286. The molecule has 0 unspecified atom stereocenters. The van der Waals surface area contributed by atoms with Crippen molar-refractivity contribution in [3.05, 3.63) is 100 Å². The first-order chi connectivity index (χ1) is 18.1. The van der Waals surface area contributed by atoms with E-state index in [2.05, 4.69) is 21.2 Å². The summed E-state index contributed by atoms with van der Waals surface area (Å²) in [4.78, 5) is 28.7. The molecular weight excluding hydrogens is 573 g/mol. The van der Waals surface area contributed by atoms with Crippen LogP contribution in [-0.4, -0.2) is 50.5 Å². The molecule has 0 saturated carbocycles. The number of rotatable bonds is 12. The van der Waals surface area contributed by atoms with Gasteiger partial charge in [-0.1, -0.05) is 71.4 Å². The number of benzene rings is 3. The Morgan fingerprint density at radius 2 is 1.66 bits per heavy atom. The molecular formula is C28H31BrFN3O4S. The number of nitrogens with one attached hydrogen (secondary N) is 1. The maximum Gasteiger partial charge on any atom is 0.244 e. The van der Waals surface area contributed by atoms with E-state index < -0.39 is 34.3 Å². The summed E-state index contributed by atoms with van der Waals surface area (Å²) < 4.78 is 41.0. The first-order valence-corrected chi connectivity index (χ1v) is 14.8. The number of halogens is 2. The Labute approximate surface area is 231 Å². The van der Waals surface area contributed by atoms with E-state index in [1.807, 2.05) is 61.5 Å². The van der Waals surface area contributed by atoms with Crippen LogP contribution in [0.3, 0.4) is 0 Å². The normalized spacial score (nSPS) is 12.0. The molecule has 0 bridgehead atoms. The number of amides is 2. The van der Waals surface area contributed by atoms with Crippen LogP contribution in [0.25, 0.3) is 0 Å². The number of carbonyl (C=O) groups is 2. The topological polar surface area (TPSA) is 86.8 Å². The number of hydrogen-bond acceptors (Lipinski definition) is 4. The van der Waals surface area contributed by atoms with Gasteiger partial charge in [0.25, 0.3) is 0 Å². The summed E-state index contributed by atoms with van der Waals surface area (Å²) >= 11 is 3.40. The molecule has 202 valence electrons. The maximum absolute atomic E-state index is 14.0. The molecule has 0 aliphatic carbocycles. The molecule has 0 aliphatic rings. The Morgan fingerprint density at radius 3 is 2.26 bits per heavy atom. The van der Waals surface area contributed by atoms with Crippen LogP contribution >= 0.6 is 15.9 Å². The summed E-state index contributed by atoms with van der Waals surface area (Å²) in [5.41, 5.74) is 1.64. The van der Waals surface area contributed by atoms with E-state index in [9.17, 15) is 22.4 Å². The second-order valence-corrected chi connectivity index (χ2v) is 11.7. The Hall–Kier alpha value is -3.24. The first-order valence-electron chi connectivity index (χ1n) is 12.2. The minimum Gasteiger partial charge on any atom is -0.354 e. The molecule has 38 heavy (non-hydrogen) atoms. The van der Waals surface area contributed by atoms with Crippen molar-refractivity contribution in [1.29, 1.82) is 0 Å². The monoisotopic (exact) mass is 603 g/mol. The van der Waals surface area contributed by atoms with Crippen LogP contribution in [0.4, 0.5) is 10.1 Å². The van der Waals surface area contributed by atoms with Crippen molar-refractivity contribution in [2.75, 3.05) is 23.7 Å². The molecule has 0 aliphatic heterocycles. The van der Waals surface area contributed by atoms with Crippen molar-refractivity contribution in [2.45, 2.75) is 32.4 Å². The summed E-state index contributed by atoms with van der Waals surface area (Å²) in [5, 5.41) is 2.88. The van der Waals surface area contributed by atoms with Crippen molar-refractivity contribution < 1.29 is 22.4 Å². The lowest BCUT2D eigenvalue weighted by molar-refractivity contribution is -0.140. The van der Waals surface area contributed by atoms with E-state index in [0.717, 1.165) is 32.2 Å². The van der Waals surface area contributed by atoms with Gasteiger partial charge in [-0.25, -0.2) is 12.8 Å². The SMILES string of the molecule is CCCNC(=O)[C@H](Cc1ccccc1)N(Cc1ccc(Br)cc1)C(=O)CN(c1cccc(F)c1)S(C)(=O)=O. The zero-order valence-electron chi connectivity index (χ0n) is 21.3. The highest BCUT2D eigenvalue weighted by molar-refractivity contribution is 9.10. The highest BCUT2D eigenvalue weighted by Crippen LogP contribution is 2.21. The van der Waals surface area contributed by atoms with E-state index in [0.29, 0.717) is 13.0 Å². The summed E-state index contributed by atoms with van der Waals surface area (Å²) in [5.74, 6) is -1.55. The fourth-order valence-corrected chi connectivity index (χ4v) is 5.06. The minimum absolute atomic E-state index is 0.0273. The van der Waals surface area contributed by atoms with Gasteiger partial charge in [0.2, 0.25) is 21.8 Å². The summed E-state index contributed by atoms with van der Waals surface area (Å²) in [6.07, 6.45) is 1.91. The zero-order chi connectivity index (χ0) is 27.7. The van der Waals surface area contributed by atoms with Gasteiger partial charge < -0.3 is 10.2 Å². The lowest BCUT2D eigenvalue weighted by Gasteiger charge is -2.33. The molecule has 0 saturated heterocycles. The quantitative estimate of drug-likeness (QED) is 0.330. The van der Waals surface area contributed by atoms with Crippen LogP contribution in [-0.2, 0) is 32.6 Å². The van der Waals surface area contributed by atoms with Crippen molar-refractivity contribution >= 4 is 43.5 Å². The standard InChI is InChI=1S/C28H31BrFN3O4S/c1-3-16-31-28(35)26(17-21-8-5-4-6-9-21)32(19-22-12-14-23(29)15-13-22)27(34)20-33(38(2,36)37)25-11-7-10-24(30)18-25/h4-15,18,26H,3,16-17,19-20H2,1-2H3,(H,31,35)/t26-/m0/s1. The molecule has 1 atom stereocenters. The molecule has 3 rings (SSSR count). The summed E-state index contributed by atoms with van der Waals surface area (Å²) in [6.45, 7) is 1.85. The molecule has 3 aromatic carbocycles. The van der Waals surface area contributed by atoms with Crippen molar-refractivity contribution in [2.24, 2.45) is 0 Å². The highest BCUT2D eigenvalue weighted by atomic mass is 79.9. The van der Waals surface area contributed by atoms with E-state index in [1.165, 1.54) is 23.1 Å². The van der Waals surface area contributed by atoms with E-state index in [-0.39, 0.29) is 24.6 Å². The highest BCUT2D eigenvalue weighted by Gasteiger charge is 2.33. The third-order valence-electron chi connectivity index (χ3n) is 5.86. The van der Waals surface area contributed by atoms with Crippen molar-refractivity contribution in [1.82, 2.24) is 10.2 Å². The number of anilines is 1. The molecule has 0 heterocycles. The predicted octanol–water partition coefficient (Wildman–Crippen LogP) is 4.52. The third kappa shape index (κ3) is 8.39. The smallest absolute Gasteiger partial charge is 0.244 e. The van der Waals surface area contributed by atoms with Gasteiger partial charge in [0, 0.05) is 24.0 Å². The average molecular weight is 605 g/mol. The molecule has 7 nitrogen and oxygen atoms in total. The summed E-state index contributed by atoms with van der Waals surface area (Å²) in [7, 11) is -3.95. The Morgan fingerprint density at radius 1 is 0.974 bits per heavy atom. The maximum atomic E-state index is 14.0. The first kappa shape index (κ1) is 29.3. The predicted molar refractivity (Wildman–Crippen MR) is 151 cm³/mol. The molecule has 2 amide bonds. The Bertz CT molecular complexity index is 1340. The molecule has 0 fully saturated rings. The van der Waals surface area contributed by atoms with E-state index >= 15 is 0 Å². The summed E-state index contributed by atoms with van der Waals surface area (Å²) in [6, 6.07) is 20.8. The van der Waals surface area contributed by atoms with Gasteiger partial charge >= 0.3 is 0 Å². The molecule has 1 N–H and O–H groups in total. The van der Waals surface area contributed by atoms with Crippen LogP contribution < -0.4 is 9.62 Å². The number of nitrogens with zero attached hydrogens (tertiary/aromatic N) is 2. The lowest BCUT2D eigenvalue weighted by Crippen LogP contribution is -2.53. The van der Waals surface area contributed by atoms with Crippen LogP contribution in [0, 0.1) is 5.82 Å². The van der Waals surface area contributed by atoms with Crippen molar-refractivity contribution in [3.63, 3.8) is 0 Å². The third-order valence-corrected chi connectivity index (χ3v) is 7.53. The minimum atomic E-state index is -3.95. The average Bonchev–Trinajstić information content (AvgIpc) is 2.88. The number of carbonyl (C=O) groups excluding carboxylic acids is 2. The van der Waals surface area contributed by atoms with Crippen LogP contribution in [0.1, 0.15) is 24.5 Å². The number of hydrogen-bond donors (Lipinski definition) is 1. The number of sulfonamides is 1. The van der Waals surface area contributed by atoms with E-state index in [4.69, 9.17) is 0 Å². The van der Waals surface area contributed by atoms with E-state index in [1.54, 1.807) is 0 Å².